The molecule has 3 aromatic carbocycles. The highest BCUT2D eigenvalue weighted by molar-refractivity contribution is 7.94. The van der Waals surface area contributed by atoms with Gasteiger partial charge in [0.1, 0.15) is 24.7 Å². The molecule has 1 aromatic heterocycles. The molecule has 0 unspecified atom stereocenters. The van der Waals surface area contributed by atoms with E-state index in [1.54, 1.807) is 62.4 Å². The van der Waals surface area contributed by atoms with Gasteiger partial charge in [0.25, 0.3) is 0 Å². The van der Waals surface area contributed by atoms with Crippen molar-refractivity contribution in [2.75, 3.05) is 0 Å². The van der Waals surface area contributed by atoms with Crippen molar-refractivity contribution in [3.8, 4) is 0 Å². The number of pyridine rings is 1. The van der Waals surface area contributed by atoms with Crippen molar-refractivity contribution in [1.29, 1.82) is 0 Å². The predicted octanol–water partition coefficient (Wildman–Crippen LogP) is 3.51. The Morgan fingerprint density at radius 1 is 0.707 bits per heavy atom. The van der Waals surface area contributed by atoms with E-state index in [0.717, 1.165) is 16.9 Å². The summed E-state index contributed by atoms with van der Waals surface area (Å²) >= 11 is 0. The van der Waals surface area contributed by atoms with Crippen molar-refractivity contribution >= 4 is 56.5 Å². The minimum Gasteiger partial charge on any atom is -0.481 e. The minimum absolute atomic E-state index is 0.0455. The van der Waals surface area contributed by atoms with E-state index >= 15 is 0 Å². The van der Waals surface area contributed by atoms with Crippen LogP contribution in [0.1, 0.15) is 44.4 Å². The van der Waals surface area contributed by atoms with Crippen LogP contribution < -0.4 is 21.3 Å². The summed E-state index contributed by atoms with van der Waals surface area (Å²) in [6.07, 6.45) is -1.54. The number of nitrogens with one attached hydrogen (secondary N) is 4. The molecule has 6 N–H and O–H groups in total. The van der Waals surface area contributed by atoms with Crippen LogP contribution in [0.5, 0.6) is 0 Å². The molecule has 58 heavy (non-hydrogen) atoms. The van der Waals surface area contributed by atoms with Crippen LogP contribution in [0.4, 0.5) is 4.79 Å². The molecule has 0 radical (unpaired) electrons. The number of aryl methyl sites for hydroxylation is 1. The first kappa shape index (κ1) is 44.1. The second-order valence-electron chi connectivity index (χ2n) is 13.6. The maximum atomic E-state index is 14.0. The van der Waals surface area contributed by atoms with Gasteiger partial charge in [0, 0.05) is 16.5 Å². The number of benzene rings is 3. The topological polar surface area (TPSA) is 247 Å². The van der Waals surface area contributed by atoms with Crippen molar-refractivity contribution in [3.05, 3.63) is 120 Å². The van der Waals surface area contributed by atoms with E-state index in [1.165, 1.54) is 24.3 Å². The molecule has 17 heteroatoms. The molecule has 16 nitrogen and oxygen atoms in total. The minimum atomic E-state index is -4.00. The van der Waals surface area contributed by atoms with Crippen molar-refractivity contribution in [1.82, 2.24) is 26.3 Å². The number of carbonyl (C=O) groups is 6. The number of carbonyl (C=O) groups excluding carboxylic acids is 4. The van der Waals surface area contributed by atoms with Crippen LogP contribution in [0.3, 0.4) is 0 Å². The van der Waals surface area contributed by atoms with E-state index in [0.29, 0.717) is 16.8 Å². The zero-order chi connectivity index (χ0) is 42.2. The van der Waals surface area contributed by atoms with Gasteiger partial charge in [0.05, 0.1) is 29.3 Å². The quantitative estimate of drug-likeness (QED) is 0.0751. The molecule has 0 aliphatic heterocycles. The van der Waals surface area contributed by atoms with Crippen LogP contribution in [0.15, 0.2) is 113 Å². The number of nitrogens with zero attached hydrogens (tertiary/aromatic N) is 1. The lowest BCUT2D eigenvalue weighted by Crippen LogP contribution is -2.58. The predicted molar refractivity (Wildman–Crippen MR) is 212 cm³/mol. The number of carboxylic acids is 2. The van der Waals surface area contributed by atoms with Crippen molar-refractivity contribution in [2.24, 2.45) is 5.92 Å². The number of amides is 4. The van der Waals surface area contributed by atoms with Gasteiger partial charge < -0.3 is 36.2 Å². The molecule has 0 spiro atoms. The van der Waals surface area contributed by atoms with Crippen molar-refractivity contribution in [3.63, 3.8) is 0 Å². The molecule has 306 valence electrons. The van der Waals surface area contributed by atoms with Crippen LogP contribution in [0, 0.1) is 5.92 Å². The largest absolute Gasteiger partial charge is 0.481 e. The summed E-state index contributed by atoms with van der Waals surface area (Å²) in [5, 5.41) is 30.6. The van der Waals surface area contributed by atoms with Gasteiger partial charge in [-0.3, -0.25) is 29.0 Å². The first-order valence-electron chi connectivity index (χ1n) is 18.3. The molecular formula is C41H45N5O11S. The molecule has 4 amide bonds. The Labute approximate surface area is 335 Å². The Balaban J connectivity index is 1.54. The number of aromatic nitrogens is 1. The molecular weight excluding hydrogens is 771 g/mol. The molecule has 0 saturated carbocycles. The summed E-state index contributed by atoms with van der Waals surface area (Å²) in [4.78, 5) is 81.9. The molecule has 0 bridgehead atoms. The second-order valence-corrected chi connectivity index (χ2v) is 15.4. The van der Waals surface area contributed by atoms with Gasteiger partial charge in [-0.25, -0.2) is 13.2 Å². The van der Waals surface area contributed by atoms with Crippen LogP contribution in [-0.2, 0) is 51.6 Å². The molecule has 4 atom stereocenters. The summed E-state index contributed by atoms with van der Waals surface area (Å²) in [6, 6.07) is 21.2. The number of para-hydroxylation sites is 1. The van der Waals surface area contributed by atoms with Gasteiger partial charge >= 0.3 is 18.0 Å². The average Bonchev–Trinajstić information content (AvgIpc) is 3.19. The first-order chi connectivity index (χ1) is 27.6. The summed E-state index contributed by atoms with van der Waals surface area (Å²) < 4.78 is 30.9. The van der Waals surface area contributed by atoms with Crippen molar-refractivity contribution < 1.29 is 52.1 Å². The zero-order valence-corrected chi connectivity index (χ0v) is 32.6. The van der Waals surface area contributed by atoms with Gasteiger partial charge in [0.2, 0.25) is 17.7 Å². The summed E-state index contributed by atoms with van der Waals surface area (Å²) in [5.41, 5.74) is 1.88. The fraction of sp³-hybridized carbons (Fsp3) is 0.293. The fourth-order valence-electron chi connectivity index (χ4n) is 5.68. The van der Waals surface area contributed by atoms with Gasteiger partial charge in [-0.2, -0.15) is 0 Å². The number of hydrogen-bond acceptors (Lipinski definition) is 10. The van der Waals surface area contributed by atoms with Gasteiger partial charge in [-0.1, -0.05) is 86.6 Å². The highest BCUT2D eigenvalue weighted by atomic mass is 32.2. The van der Waals surface area contributed by atoms with Gasteiger partial charge in [-0.05, 0) is 54.7 Å². The van der Waals surface area contributed by atoms with Crippen LogP contribution >= 0.6 is 0 Å². The van der Waals surface area contributed by atoms with E-state index < -0.39 is 88.5 Å². The number of carboxylic acid groups (broad SMARTS) is 2. The number of aliphatic carboxylic acids is 2. The first-order valence-corrected chi connectivity index (χ1v) is 19.8. The van der Waals surface area contributed by atoms with Gasteiger partial charge in [-0.15, -0.1) is 0 Å². The molecule has 4 rings (SSSR count). The summed E-state index contributed by atoms with van der Waals surface area (Å²) in [7, 11) is -4.00. The molecule has 0 aliphatic rings. The monoisotopic (exact) mass is 815 g/mol. The summed E-state index contributed by atoms with van der Waals surface area (Å²) in [5.74, 6) is -6.10. The Bertz CT molecular complexity index is 2220. The number of fused-ring (bicyclic) bond motifs is 1. The Morgan fingerprint density at radius 3 is 1.98 bits per heavy atom. The smallest absolute Gasteiger partial charge is 0.408 e. The van der Waals surface area contributed by atoms with E-state index in [1.807, 2.05) is 24.3 Å². The number of alkyl carbamates (subject to hydrolysis) is 1. The lowest BCUT2D eigenvalue weighted by Gasteiger charge is -2.27. The number of sulfone groups is 1. The normalized spacial score (nSPS) is 13.5. The van der Waals surface area contributed by atoms with Gasteiger partial charge in [0.15, 0.2) is 9.84 Å². The lowest BCUT2D eigenvalue weighted by molar-refractivity contribution is -0.140. The summed E-state index contributed by atoms with van der Waals surface area (Å²) in [6.45, 7) is 3.04. The third kappa shape index (κ3) is 13.8. The third-order valence-electron chi connectivity index (χ3n) is 8.71. The molecule has 0 fully saturated rings. The molecule has 1 heterocycles. The molecule has 0 aliphatic carbocycles. The van der Waals surface area contributed by atoms with Crippen LogP contribution in [0.2, 0.25) is 0 Å². The van der Waals surface area contributed by atoms with E-state index in [4.69, 9.17) is 4.74 Å². The number of hydrogen-bond donors (Lipinski definition) is 6. The molecule has 4 aromatic rings. The van der Waals surface area contributed by atoms with E-state index in [-0.39, 0.29) is 24.3 Å². The molecule has 0 saturated heterocycles. The third-order valence-corrected chi connectivity index (χ3v) is 10.2. The number of ether oxygens (including phenoxy) is 1. The maximum Gasteiger partial charge on any atom is 0.408 e. The van der Waals surface area contributed by atoms with E-state index in [2.05, 4.69) is 26.3 Å². The second kappa shape index (κ2) is 21.1. The van der Waals surface area contributed by atoms with Crippen LogP contribution in [-0.4, -0.2) is 83.5 Å². The standard InChI is InChI=1S/C41H45N5O11S/c1-26(2)37(40(53)43-30(23-35(47)48)21-22-58(55,56)31-14-7-4-8-15-31)46-38(51)33(20-19-29-18-17-28-13-9-10-16-32(28)42-29)44-39(52)34(24-36(49)50)45-41(54)57-25-27-11-5-3-6-12-27/h3-18,21-22,26,30,33-34,37H,19-20,23-25H2,1-2H3,(H,43,53)(H,44,52)(H,45,54)(H,46,51)(H,47,48)(H,49,50)/b22-21+/t30-,33+,34+,37+/m1/s1. The lowest BCUT2D eigenvalue weighted by atomic mass is 10.0. The number of rotatable bonds is 20. The zero-order valence-electron chi connectivity index (χ0n) is 31.7. The Hall–Kier alpha value is -6.62. The Morgan fingerprint density at radius 2 is 1.33 bits per heavy atom. The highest BCUT2D eigenvalue weighted by Crippen LogP contribution is 2.15. The van der Waals surface area contributed by atoms with Crippen LogP contribution in [0.25, 0.3) is 10.9 Å². The average molecular weight is 816 g/mol. The fourth-order valence-corrected chi connectivity index (χ4v) is 6.77. The highest BCUT2D eigenvalue weighted by Gasteiger charge is 2.33. The maximum absolute atomic E-state index is 14.0. The van der Waals surface area contributed by atoms with Crippen molar-refractivity contribution in [2.45, 2.75) is 75.2 Å². The van der Waals surface area contributed by atoms with E-state index in [9.17, 15) is 47.4 Å². The Kier molecular flexibility index (Phi) is 16.0. The SMILES string of the molecule is CC(C)[C@H](NC(=O)[C@H](CCc1ccc2ccccc2n1)NC(=O)[C@H](CC(=O)O)NC(=O)OCc1ccccc1)C(=O)N[C@H](/C=C/S(=O)(=O)c1ccccc1)CC(=O)O.